The summed E-state index contributed by atoms with van der Waals surface area (Å²) in [6, 6.07) is 11.3. The van der Waals surface area contributed by atoms with Gasteiger partial charge >= 0.3 is 5.63 Å². The molecule has 1 aromatic heterocycles. The number of aliphatic imine (C=N–C) groups is 1. The van der Waals surface area contributed by atoms with Crippen molar-refractivity contribution in [2.45, 2.75) is 13.3 Å². The predicted octanol–water partition coefficient (Wildman–Crippen LogP) is 2.19. The van der Waals surface area contributed by atoms with Crippen molar-refractivity contribution < 1.29 is 9.52 Å². The van der Waals surface area contributed by atoms with E-state index in [-0.39, 0.29) is 16.4 Å². The molecule has 1 aromatic carbocycles. The summed E-state index contributed by atoms with van der Waals surface area (Å²) in [6.45, 7) is 2.21. The lowest BCUT2D eigenvalue weighted by atomic mass is 10.1. The van der Waals surface area contributed by atoms with Gasteiger partial charge in [0.1, 0.15) is 17.1 Å². The summed E-state index contributed by atoms with van der Waals surface area (Å²) in [5, 5.41) is 12.9. The number of hydrogen-bond acceptors (Lipinski definition) is 4. The normalized spacial score (nSPS) is 10.8. The molecule has 0 radical (unpaired) electrons. The summed E-state index contributed by atoms with van der Waals surface area (Å²) in [5.41, 5.74) is 0.532. The van der Waals surface area contributed by atoms with Gasteiger partial charge in [-0.1, -0.05) is 30.3 Å². The Bertz CT molecular complexity index is 739. The predicted molar refractivity (Wildman–Crippen MR) is 89.7 cm³/mol. The minimum Gasteiger partial charge on any atom is -0.507 e. The van der Waals surface area contributed by atoms with Gasteiger partial charge in [-0.25, -0.2) is 9.79 Å². The van der Waals surface area contributed by atoms with Crippen molar-refractivity contribution in [3.05, 3.63) is 63.7 Å². The van der Waals surface area contributed by atoms with Gasteiger partial charge in [-0.05, 0) is 31.1 Å². The molecule has 0 aliphatic carbocycles. The molecule has 0 fully saturated rings. The topological polar surface area (TPSA) is 74.8 Å². The molecule has 0 saturated carbocycles. The number of nitrogens with zero attached hydrogens (tertiary/aromatic N) is 1. The van der Waals surface area contributed by atoms with Crippen LogP contribution in [0.3, 0.4) is 0 Å². The van der Waals surface area contributed by atoms with Crippen LogP contribution in [0.5, 0.6) is 5.75 Å². The molecule has 1 heterocycles. The third-order valence-electron chi connectivity index (χ3n) is 2.93. The molecular weight excluding hydrogens is 300 g/mol. The zero-order chi connectivity index (χ0) is 15.9. The first kappa shape index (κ1) is 15.9. The third-order valence-corrected chi connectivity index (χ3v) is 3.18. The quantitative estimate of drug-likeness (QED) is 0.668. The van der Waals surface area contributed by atoms with Crippen molar-refractivity contribution >= 4 is 23.5 Å². The molecule has 22 heavy (non-hydrogen) atoms. The molecule has 2 N–H and O–H groups in total. The van der Waals surface area contributed by atoms with Gasteiger partial charge in [-0.3, -0.25) is 0 Å². The smallest absolute Gasteiger partial charge is 0.348 e. The summed E-state index contributed by atoms with van der Waals surface area (Å²) in [7, 11) is 0. The van der Waals surface area contributed by atoms with Gasteiger partial charge < -0.3 is 14.8 Å². The number of benzene rings is 1. The summed E-state index contributed by atoms with van der Waals surface area (Å²) in [5.74, 6) is 0.160. The van der Waals surface area contributed by atoms with Crippen LogP contribution in [0.2, 0.25) is 0 Å². The zero-order valence-electron chi connectivity index (χ0n) is 12.1. The van der Waals surface area contributed by atoms with Crippen molar-refractivity contribution in [2.75, 3.05) is 6.54 Å². The molecule has 0 aliphatic rings. The first-order valence-electron chi connectivity index (χ1n) is 6.76. The van der Waals surface area contributed by atoms with E-state index in [9.17, 15) is 9.90 Å². The number of rotatable bonds is 4. The van der Waals surface area contributed by atoms with Gasteiger partial charge in [0, 0.05) is 18.8 Å². The minimum atomic E-state index is -0.645. The second kappa shape index (κ2) is 7.51. The number of thiocarbonyl (C=S) groups is 1. The fourth-order valence-corrected chi connectivity index (χ4v) is 2.01. The Morgan fingerprint density at radius 2 is 2.14 bits per heavy atom. The van der Waals surface area contributed by atoms with Gasteiger partial charge in [-0.15, -0.1) is 0 Å². The Labute approximate surface area is 133 Å². The summed E-state index contributed by atoms with van der Waals surface area (Å²) in [4.78, 5) is 15.5. The lowest BCUT2D eigenvalue weighted by Gasteiger charge is -2.04. The minimum absolute atomic E-state index is 0.0159. The molecule has 2 rings (SSSR count). The lowest BCUT2D eigenvalue weighted by Crippen LogP contribution is -2.22. The number of aromatic hydroxyl groups is 1. The Hall–Kier alpha value is -2.47. The van der Waals surface area contributed by atoms with E-state index < -0.39 is 5.63 Å². The first-order valence-corrected chi connectivity index (χ1v) is 7.16. The monoisotopic (exact) mass is 316 g/mol. The molecule has 2 aromatic rings. The molecule has 6 heteroatoms. The van der Waals surface area contributed by atoms with E-state index in [1.54, 1.807) is 6.92 Å². The maximum Gasteiger partial charge on any atom is 0.348 e. The van der Waals surface area contributed by atoms with Crippen molar-refractivity contribution in [1.82, 2.24) is 5.32 Å². The summed E-state index contributed by atoms with van der Waals surface area (Å²) < 4.78 is 4.89. The Balaban J connectivity index is 1.91. The van der Waals surface area contributed by atoms with Gasteiger partial charge in [0.15, 0.2) is 5.11 Å². The number of nitrogens with one attached hydrogen (secondary N) is 1. The highest BCUT2D eigenvalue weighted by Crippen LogP contribution is 2.12. The van der Waals surface area contributed by atoms with Gasteiger partial charge in [0.25, 0.3) is 0 Å². The first-order chi connectivity index (χ1) is 10.6. The van der Waals surface area contributed by atoms with E-state index >= 15 is 0 Å². The Kier molecular flexibility index (Phi) is 5.43. The molecule has 0 spiro atoms. The highest BCUT2D eigenvalue weighted by Gasteiger charge is 2.07. The number of aryl methyl sites for hydroxylation is 1. The Morgan fingerprint density at radius 1 is 1.41 bits per heavy atom. The Morgan fingerprint density at radius 3 is 2.82 bits per heavy atom. The average molecular weight is 316 g/mol. The van der Waals surface area contributed by atoms with Crippen molar-refractivity contribution in [2.24, 2.45) is 4.99 Å². The molecule has 0 atom stereocenters. The van der Waals surface area contributed by atoms with E-state index in [0.29, 0.717) is 12.3 Å². The molecular formula is C16H16N2O3S. The second-order valence-electron chi connectivity index (χ2n) is 4.67. The van der Waals surface area contributed by atoms with E-state index in [0.717, 1.165) is 6.42 Å². The molecule has 0 saturated heterocycles. The van der Waals surface area contributed by atoms with Gasteiger partial charge in [0.05, 0.1) is 0 Å². The van der Waals surface area contributed by atoms with Crippen LogP contribution in [0.25, 0.3) is 0 Å². The molecule has 114 valence electrons. The van der Waals surface area contributed by atoms with Crippen LogP contribution in [0.1, 0.15) is 16.9 Å². The van der Waals surface area contributed by atoms with Gasteiger partial charge in [-0.2, -0.15) is 0 Å². The highest BCUT2D eigenvalue weighted by molar-refractivity contribution is 7.80. The van der Waals surface area contributed by atoms with Crippen molar-refractivity contribution in [3.8, 4) is 5.75 Å². The number of hydrogen-bond donors (Lipinski definition) is 2. The fraction of sp³-hybridized carbons (Fsp3) is 0.188. The lowest BCUT2D eigenvalue weighted by molar-refractivity contribution is 0.433. The van der Waals surface area contributed by atoms with Crippen LogP contribution in [-0.4, -0.2) is 23.0 Å². The van der Waals surface area contributed by atoms with Crippen molar-refractivity contribution in [1.29, 1.82) is 0 Å². The van der Waals surface area contributed by atoms with E-state index in [1.165, 1.54) is 17.8 Å². The van der Waals surface area contributed by atoms with Crippen LogP contribution < -0.4 is 10.9 Å². The maximum atomic E-state index is 11.6. The molecule has 0 amide bonds. The van der Waals surface area contributed by atoms with Gasteiger partial charge in [0.2, 0.25) is 0 Å². The van der Waals surface area contributed by atoms with E-state index in [1.807, 2.05) is 30.3 Å². The van der Waals surface area contributed by atoms with Crippen LogP contribution in [0, 0.1) is 6.92 Å². The third kappa shape index (κ3) is 4.53. The largest absolute Gasteiger partial charge is 0.507 e. The van der Waals surface area contributed by atoms with Crippen LogP contribution in [-0.2, 0) is 6.42 Å². The van der Waals surface area contributed by atoms with Crippen molar-refractivity contribution in [3.63, 3.8) is 0 Å². The van der Waals surface area contributed by atoms with Crippen LogP contribution >= 0.6 is 12.2 Å². The van der Waals surface area contributed by atoms with Crippen LogP contribution in [0.15, 0.2) is 50.6 Å². The SMILES string of the molecule is Cc1cc(O)c(/C=N/C(=S)NCCc2ccccc2)c(=O)o1. The summed E-state index contributed by atoms with van der Waals surface area (Å²) in [6.07, 6.45) is 2.02. The highest BCUT2D eigenvalue weighted by atomic mass is 32.1. The average Bonchev–Trinajstić information content (AvgIpc) is 2.47. The fourth-order valence-electron chi connectivity index (χ4n) is 1.85. The summed E-state index contributed by atoms with van der Waals surface area (Å²) >= 11 is 5.06. The second-order valence-corrected chi connectivity index (χ2v) is 5.06. The van der Waals surface area contributed by atoms with E-state index in [2.05, 4.69) is 10.3 Å². The molecule has 5 nitrogen and oxygen atoms in total. The maximum absolute atomic E-state index is 11.6. The molecule has 0 bridgehead atoms. The molecule has 0 unspecified atom stereocenters. The van der Waals surface area contributed by atoms with Crippen LogP contribution in [0.4, 0.5) is 0 Å². The molecule has 0 aliphatic heterocycles. The standard InChI is InChI=1S/C16H16N2O3S/c1-11-9-14(19)13(15(20)21-11)10-18-16(22)17-8-7-12-5-3-2-4-6-12/h2-6,9-10,19H,7-8H2,1H3,(H,17,22)/b18-10+. The van der Waals surface area contributed by atoms with E-state index in [4.69, 9.17) is 16.6 Å². The zero-order valence-corrected chi connectivity index (χ0v) is 12.9.